The summed E-state index contributed by atoms with van der Waals surface area (Å²) in [6.07, 6.45) is -0.206. The molecule has 2 aromatic rings. The standard InChI is InChI=1S/C19H18N2O6S/c1-11-3-5-12(6-4-11)16(10-17(22)27-2)21-28(25,26)13-7-8-14-15(9-13)19(24)20-18(14)23/h3-9,16,21H,10H2,1-2H3,(H,20,23,24). The number of nitrogens with one attached hydrogen (secondary N) is 2. The zero-order valence-electron chi connectivity index (χ0n) is 15.2. The van der Waals surface area contributed by atoms with Gasteiger partial charge in [-0.1, -0.05) is 29.8 Å². The number of carbonyl (C=O) groups is 3. The first kappa shape index (κ1) is 19.7. The number of fused-ring (bicyclic) bond motifs is 1. The van der Waals surface area contributed by atoms with Gasteiger partial charge in [0.05, 0.1) is 35.6 Å². The molecule has 0 radical (unpaired) electrons. The first-order valence-corrected chi connectivity index (χ1v) is 9.85. The number of ether oxygens (including phenoxy) is 1. The van der Waals surface area contributed by atoms with Crippen LogP contribution in [-0.4, -0.2) is 33.3 Å². The molecule has 0 fully saturated rings. The van der Waals surface area contributed by atoms with Crippen LogP contribution in [0.25, 0.3) is 0 Å². The lowest BCUT2D eigenvalue weighted by molar-refractivity contribution is -0.141. The van der Waals surface area contributed by atoms with E-state index in [0.29, 0.717) is 5.56 Å². The van der Waals surface area contributed by atoms with Gasteiger partial charge in [0, 0.05) is 0 Å². The third-order valence-corrected chi connectivity index (χ3v) is 5.86. The fraction of sp³-hybridized carbons (Fsp3) is 0.211. The van der Waals surface area contributed by atoms with E-state index in [1.165, 1.54) is 19.2 Å². The van der Waals surface area contributed by atoms with E-state index in [4.69, 9.17) is 0 Å². The fourth-order valence-corrected chi connectivity index (χ4v) is 4.10. The van der Waals surface area contributed by atoms with Crippen LogP contribution in [0.15, 0.2) is 47.4 Å². The van der Waals surface area contributed by atoms with Crippen molar-refractivity contribution in [3.63, 3.8) is 0 Å². The van der Waals surface area contributed by atoms with Crippen LogP contribution in [0.5, 0.6) is 0 Å². The summed E-state index contributed by atoms with van der Waals surface area (Å²) in [5.74, 6) is -1.80. The van der Waals surface area contributed by atoms with Gasteiger partial charge >= 0.3 is 5.97 Å². The third kappa shape index (κ3) is 3.95. The number of hydrogen-bond donors (Lipinski definition) is 2. The Kier molecular flexibility index (Phi) is 5.30. The molecular formula is C19H18N2O6S. The van der Waals surface area contributed by atoms with Crippen molar-refractivity contribution >= 4 is 27.8 Å². The van der Waals surface area contributed by atoms with Gasteiger partial charge in [-0.3, -0.25) is 19.7 Å². The summed E-state index contributed by atoms with van der Waals surface area (Å²) >= 11 is 0. The first-order valence-electron chi connectivity index (χ1n) is 8.36. The summed E-state index contributed by atoms with van der Waals surface area (Å²) < 4.78 is 32.9. The summed E-state index contributed by atoms with van der Waals surface area (Å²) in [5, 5.41) is 2.11. The van der Waals surface area contributed by atoms with Crippen LogP contribution in [0.2, 0.25) is 0 Å². The zero-order valence-corrected chi connectivity index (χ0v) is 16.0. The second kappa shape index (κ2) is 7.53. The van der Waals surface area contributed by atoms with Crippen LogP contribution in [0.3, 0.4) is 0 Å². The Hall–Kier alpha value is -3.04. The second-order valence-corrected chi connectivity index (χ2v) is 8.07. The van der Waals surface area contributed by atoms with Gasteiger partial charge in [-0.25, -0.2) is 13.1 Å². The molecule has 8 nitrogen and oxygen atoms in total. The normalized spacial score (nSPS) is 14.4. The molecule has 1 heterocycles. The van der Waals surface area contributed by atoms with Gasteiger partial charge in [0.1, 0.15) is 0 Å². The molecule has 146 valence electrons. The zero-order chi connectivity index (χ0) is 20.5. The number of aryl methyl sites for hydroxylation is 1. The van der Waals surface area contributed by atoms with Gasteiger partial charge in [-0.05, 0) is 30.7 Å². The van der Waals surface area contributed by atoms with E-state index in [-0.39, 0.29) is 22.4 Å². The third-order valence-electron chi connectivity index (χ3n) is 4.39. The topological polar surface area (TPSA) is 119 Å². The number of rotatable bonds is 6. The minimum absolute atomic E-state index is 0.00673. The Morgan fingerprint density at radius 3 is 2.36 bits per heavy atom. The highest BCUT2D eigenvalue weighted by molar-refractivity contribution is 7.89. The van der Waals surface area contributed by atoms with Crippen LogP contribution in [0.1, 0.15) is 44.3 Å². The first-order chi connectivity index (χ1) is 13.2. The molecule has 1 unspecified atom stereocenters. The highest BCUT2D eigenvalue weighted by Gasteiger charge is 2.30. The van der Waals surface area contributed by atoms with Crippen molar-refractivity contribution in [1.82, 2.24) is 10.0 Å². The van der Waals surface area contributed by atoms with Crippen LogP contribution in [-0.2, 0) is 19.6 Å². The van der Waals surface area contributed by atoms with Crippen molar-refractivity contribution in [3.05, 3.63) is 64.7 Å². The largest absolute Gasteiger partial charge is 0.469 e. The van der Waals surface area contributed by atoms with E-state index in [9.17, 15) is 22.8 Å². The summed E-state index contributed by atoms with van der Waals surface area (Å²) in [6.45, 7) is 1.89. The van der Waals surface area contributed by atoms with Crippen molar-refractivity contribution in [2.24, 2.45) is 0 Å². The summed E-state index contributed by atoms with van der Waals surface area (Å²) in [4.78, 5) is 35.0. The van der Waals surface area contributed by atoms with E-state index in [1.807, 2.05) is 6.92 Å². The lowest BCUT2D eigenvalue weighted by Crippen LogP contribution is -2.30. The molecule has 28 heavy (non-hydrogen) atoms. The van der Waals surface area contributed by atoms with Crippen molar-refractivity contribution < 1.29 is 27.5 Å². The molecule has 1 atom stereocenters. The average Bonchev–Trinajstić information content (AvgIpc) is 2.95. The number of esters is 1. The average molecular weight is 402 g/mol. The molecule has 1 aliphatic heterocycles. The molecule has 0 spiro atoms. The van der Waals surface area contributed by atoms with E-state index in [0.717, 1.165) is 11.6 Å². The lowest BCUT2D eigenvalue weighted by atomic mass is 10.0. The Morgan fingerprint density at radius 1 is 1.07 bits per heavy atom. The maximum atomic E-state index is 12.9. The van der Waals surface area contributed by atoms with Crippen molar-refractivity contribution in [2.45, 2.75) is 24.3 Å². The van der Waals surface area contributed by atoms with Gasteiger partial charge in [0.25, 0.3) is 11.8 Å². The van der Waals surface area contributed by atoms with Crippen molar-refractivity contribution in [3.8, 4) is 0 Å². The number of methoxy groups -OCH3 is 1. The van der Waals surface area contributed by atoms with E-state index in [2.05, 4.69) is 14.8 Å². The predicted molar refractivity (Wildman–Crippen MR) is 99.1 cm³/mol. The number of carbonyl (C=O) groups excluding carboxylic acids is 3. The molecule has 2 amide bonds. The molecule has 2 N–H and O–H groups in total. The fourth-order valence-electron chi connectivity index (χ4n) is 2.85. The SMILES string of the molecule is COC(=O)CC(NS(=O)(=O)c1ccc2c(c1)C(=O)NC2=O)c1ccc(C)cc1. The molecule has 3 rings (SSSR count). The molecule has 0 bridgehead atoms. The number of benzene rings is 2. The highest BCUT2D eigenvalue weighted by atomic mass is 32.2. The molecule has 1 aliphatic rings. The van der Waals surface area contributed by atoms with Gasteiger partial charge < -0.3 is 4.74 Å². The highest BCUT2D eigenvalue weighted by Crippen LogP contribution is 2.24. The second-order valence-electron chi connectivity index (χ2n) is 6.36. The molecule has 2 aromatic carbocycles. The minimum atomic E-state index is -4.08. The number of amides is 2. The summed E-state index contributed by atoms with van der Waals surface area (Å²) in [7, 11) is -2.86. The Balaban J connectivity index is 1.94. The van der Waals surface area contributed by atoms with Gasteiger partial charge in [0.2, 0.25) is 10.0 Å². The predicted octanol–water partition coefficient (Wildman–Crippen LogP) is 1.46. The van der Waals surface area contributed by atoms with Crippen LogP contribution >= 0.6 is 0 Å². The maximum absolute atomic E-state index is 12.9. The molecule has 0 saturated carbocycles. The maximum Gasteiger partial charge on any atom is 0.307 e. The van der Waals surface area contributed by atoms with Crippen molar-refractivity contribution in [1.29, 1.82) is 0 Å². The Morgan fingerprint density at radius 2 is 1.71 bits per heavy atom. The van der Waals surface area contributed by atoms with E-state index >= 15 is 0 Å². The monoisotopic (exact) mass is 402 g/mol. The van der Waals surface area contributed by atoms with Crippen LogP contribution in [0, 0.1) is 6.92 Å². The van der Waals surface area contributed by atoms with E-state index < -0.39 is 33.8 Å². The Labute approximate surface area is 161 Å². The molecule has 0 saturated heterocycles. The number of imide groups is 1. The van der Waals surface area contributed by atoms with Crippen LogP contribution < -0.4 is 10.0 Å². The van der Waals surface area contributed by atoms with E-state index in [1.54, 1.807) is 24.3 Å². The lowest BCUT2D eigenvalue weighted by Gasteiger charge is -2.19. The Bertz CT molecular complexity index is 1060. The van der Waals surface area contributed by atoms with Crippen molar-refractivity contribution in [2.75, 3.05) is 7.11 Å². The quantitative estimate of drug-likeness (QED) is 0.558. The molecule has 0 aliphatic carbocycles. The van der Waals surface area contributed by atoms with Gasteiger partial charge in [-0.15, -0.1) is 0 Å². The molecular weight excluding hydrogens is 384 g/mol. The molecule has 9 heteroatoms. The number of hydrogen-bond acceptors (Lipinski definition) is 6. The summed E-state index contributed by atoms with van der Waals surface area (Å²) in [6, 6.07) is 9.86. The van der Waals surface area contributed by atoms with Gasteiger partial charge in [-0.2, -0.15) is 0 Å². The van der Waals surface area contributed by atoms with Gasteiger partial charge in [0.15, 0.2) is 0 Å². The minimum Gasteiger partial charge on any atom is -0.469 e. The van der Waals surface area contributed by atoms with Crippen LogP contribution in [0.4, 0.5) is 0 Å². The smallest absolute Gasteiger partial charge is 0.307 e. The molecule has 0 aromatic heterocycles. The summed E-state index contributed by atoms with van der Waals surface area (Å²) in [5.41, 5.74) is 1.69. The number of sulfonamides is 1.